The molecule has 1 aliphatic carbocycles. The minimum Gasteiger partial charge on any atom is -0.469 e. The maximum absolute atomic E-state index is 11.2. The molecule has 1 saturated carbocycles. The third kappa shape index (κ3) is 3.75. The fourth-order valence-corrected chi connectivity index (χ4v) is 2.94. The summed E-state index contributed by atoms with van der Waals surface area (Å²) in [7, 11) is 1.46. The van der Waals surface area contributed by atoms with Crippen molar-refractivity contribution in [3.8, 4) is 0 Å². The SMILES string of the molecule is COC(=O)CC1CC(CNc2ccccc2C(C)C)C1. The number of esters is 1. The molecular formula is C17H25NO2. The lowest BCUT2D eigenvalue weighted by atomic mass is 9.73. The highest BCUT2D eigenvalue weighted by Crippen LogP contribution is 2.36. The van der Waals surface area contributed by atoms with E-state index < -0.39 is 0 Å². The molecular weight excluding hydrogens is 250 g/mol. The average Bonchev–Trinajstić information content (AvgIpc) is 2.41. The third-order valence-corrected chi connectivity index (χ3v) is 4.18. The molecule has 0 saturated heterocycles. The predicted octanol–water partition coefficient (Wildman–Crippen LogP) is 3.81. The van der Waals surface area contributed by atoms with E-state index >= 15 is 0 Å². The van der Waals surface area contributed by atoms with Crippen molar-refractivity contribution in [2.24, 2.45) is 11.8 Å². The van der Waals surface area contributed by atoms with Crippen LogP contribution in [0.3, 0.4) is 0 Å². The number of carbonyl (C=O) groups is 1. The normalized spacial score (nSPS) is 21.4. The Balaban J connectivity index is 1.76. The standard InChI is InChI=1S/C17H25NO2/c1-12(2)15-6-4-5-7-16(15)18-11-14-8-13(9-14)10-17(19)20-3/h4-7,12-14,18H,8-11H2,1-3H3. The number of para-hydroxylation sites is 1. The van der Waals surface area contributed by atoms with Crippen molar-refractivity contribution in [3.05, 3.63) is 29.8 Å². The average molecular weight is 275 g/mol. The van der Waals surface area contributed by atoms with E-state index in [1.54, 1.807) is 0 Å². The number of ether oxygens (including phenoxy) is 1. The summed E-state index contributed by atoms with van der Waals surface area (Å²) in [4.78, 5) is 11.2. The summed E-state index contributed by atoms with van der Waals surface area (Å²) < 4.78 is 4.71. The topological polar surface area (TPSA) is 38.3 Å². The van der Waals surface area contributed by atoms with Gasteiger partial charge in [-0.05, 0) is 42.2 Å². The van der Waals surface area contributed by atoms with Crippen LogP contribution in [0.5, 0.6) is 0 Å². The fourth-order valence-electron chi connectivity index (χ4n) is 2.94. The zero-order valence-electron chi connectivity index (χ0n) is 12.7. The molecule has 0 radical (unpaired) electrons. The lowest BCUT2D eigenvalue weighted by Gasteiger charge is -2.35. The highest BCUT2D eigenvalue weighted by molar-refractivity contribution is 5.69. The van der Waals surface area contributed by atoms with Gasteiger partial charge in [-0.3, -0.25) is 4.79 Å². The number of hydrogen-bond acceptors (Lipinski definition) is 3. The largest absolute Gasteiger partial charge is 0.469 e. The van der Waals surface area contributed by atoms with Gasteiger partial charge in [0.15, 0.2) is 0 Å². The number of methoxy groups -OCH3 is 1. The van der Waals surface area contributed by atoms with Crippen molar-refractivity contribution < 1.29 is 9.53 Å². The lowest BCUT2D eigenvalue weighted by molar-refractivity contribution is -0.142. The van der Waals surface area contributed by atoms with Crippen molar-refractivity contribution in [2.45, 2.75) is 39.0 Å². The highest BCUT2D eigenvalue weighted by Gasteiger charge is 2.30. The van der Waals surface area contributed by atoms with E-state index in [2.05, 4.69) is 43.4 Å². The van der Waals surface area contributed by atoms with Gasteiger partial charge in [0.25, 0.3) is 0 Å². The van der Waals surface area contributed by atoms with Crippen LogP contribution in [0.1, 0.15) is 44.6 Å². The first-order chi connectivity index (χ1) is 9.60. The number of carbonyl (C=O) groups excluding carboxylic acids is 1. The molecule has 3 nitrogen and oxygen atoms in total. The summed E-state index contributed by atoms with van der Waals surface area (Å²) in [6.07, 6.45) is 2.84. The van der Waals surface area contributed by atoms with Crippen molar-refractivity contribution in [1.82, 2.24) is 0 Å². The van der Waals surface area contributed by atoms with Crippen LogP contribution in [0, 0.1) is 11.8 Å². The van der Waals surface area contributed by atoms with Crippen LogP contribution < -0.4 is 5.32 Å². The molecule has 0 amide bonds. The Morgan fingerprint density at radius 2 is 2.00 bits per heavy atom. The molecule has 0 atom stereocenters. The maximum Gasteiger partial charge on any atom is 0.305 e. The molecule has 0 spiro atoms. The zero-order valence-corrected chi connectivity index (χ0v) is 12.7. The van der Waals surface area contributed by atoms with Crippen LogP contribution in [-0.4, -0.2) is 19.6 Å². The van der Waals surface area contributed by atoms with E-state index in [0.717, 1.165) is 19.4 Å². The zero-order chi connectivity index (χ0) is 14.5. The van der Waals surface area contributed by atoms with Crippen LogP contribution in [0.4, 0.5) is 5.69 Å². The van der Waals surface area contributed by atoms with Gasteiger partial charge in [-0.1, -0.05) is 32.0 Å². The summed E-state index contributed by atoms with van der Waals surface area (Å²) in [6, 6.07) is 8.51. The molecule has 0 unspecified atom stereocenters. The molecule has 1 fully saturated rings. The second kappa shape index (κ2) is 6.78. The van der Waals surface area contributed by atoms with Crippen molar-refractivity contribution in [1.29, 1.82) is 0 Å². The van der Waals surface area contributed by atoms with Gasteiger partial charge in [0, 0.05) is 18.7 Å². The second-order valence-corrected chi connectivity index (χ2v) is 6.11. The Morgan fingerprint density at radius 1 is 1.30 bits per heavy atom. The minimum atomic E-state index is -0.0773. The quantitative estimate of drug-likeness (QED) is 0.802. The monoisotopic (exact) mass is 275 g/mol. The van der Waals surface area contributed by atoms with E-state index in [0.29, 0.717) is 24.2 Å². The summed E-state index contributed by atoms with van der Waals surface area (Å²) in [5, 5.41) is 3.57. The minimum absolute atomic E-state index is 0.0773. The second-order valence-electron chi connectivity index (χ2n) is 6.11. The number of anilines is 1. The maximum atomic E-state index is 11.2. The summed E-state index contributed by atoms with van der Waals surface area (Å²) in [5.74, 6) is 1.66. The molecule has 2 rings (SSSR count). The molecule has 1 aromatic carbocycles. The molecule has 1 aliphatic rings. The molecule has 1 N–H and O–H groups in total. The van der Waals surface area contributed by atoms with Gasteiger partial charge in [0.2, 0.25) is 0 Å². The third-order valence-electron chi connectivity index (χ3n) is 4.18. The summed E-state index contributed by atoms with van der Waals surface area (Å²) >= 11 is 0. The van der Waals surface area contributed by atoms with Crippen LogP contribution in [-0.2, 0) is 9.53 Å². The van der Waals surface area contributed by atoms with E-state index in [4.69, 9.17) is 4.74 Å². The molecule has 0 heterocycles. The van der Waals surface area contributed by atoms with Gasteiger partial charge < -0.3 is 10.1 Å². The molecule has 3 heteroatoms. The Labute approximate surface area is 121 Å². The van der Waals surface area contributed by atoms with Crippen molar-refractivity contribution in [3.63, 3.8) is 0 Å². The molecule has 0 bridgehead atoms. The number of benzene rings is 1. The van der Waals surface area contributed by atoms with Gasteiger partial charge in [-0.2, -0.15) is 0 Å². The smallest absolute Gasteiger partial charge is 0.305 e. The van der Waals surface area contributed by atoms with Gasteiger partial charge in [0.1, 0.15) is 0 Å². The Morgan fingerprint density at radius 3 is 2.65 bits per heavy atom. The van der Waals surface area contributed by atoms with E-state index in [1.807, 2.05) is 0 Å². The first kappa shape index (κ1) is 14.9. The predicted molar refractivity (Wildman–Crippen MR) is 81.9 cm³/mol. The van der Waals surface area contributed by atoms with Crippen molar-refractivity contribution >= 4 is 11.7 Å². The Hall–Kier alpha value is -1.51. The van der Waals surface area contributed by atoms with Crippen LogP contribution in [0.25, 0.3) is 0 Å². The molecule has 110 valence electrons. The van der Waals surface area contributed by atoms with Crippen molar-refractivity contribution in [2.75, 3.05) is 19.0 Å². The van der Waals surface area contributed by atoms with Crippen LogP contribution in [0.15, 0.2) is 24.3 Å². The lowest BCUT2D eigenvalue weighted by Crippen LogP contribution is -2.31. The van der Waals surface area contributed by atoms with E-state index in [-0.39, 0.29) is 5.97 Å². The Kier molecular flexibility index (Phi) is 5.05. The van der Waals surface area contributed by atoms with Gasteiger partial charge in [-0.25, -0.2) is 0 Å². The first-order valence-corrected chi connectivity index (χ1v) is 7.49. The first-order valence-electron chi connectivity index (χ1n) is 7.49. The van der Waals surface area contributed by atoms with Crippen LogP contribution >= 0.6 is 0 Å². The number of hydrogen-bond donors (Lipinski definition) is 1. The highest BCUT2D eigenvalue weighted by atomic mass is 16.5. The van der Waals surface area contributed by atoms with Gasteiger partial charge in [-0.15, -0.1) is 0 Å². The van der Waals surface area contributed by atoms with Gasteiger partial charge in [0.05, 0.1) is 7.11 Å². The molecule has 1 aromatic rings. The van der Waals surface area contributed by atoms with Crippen LogP contribution in [0.2, 0.25) is 0 Å². The molecule has 20 heavy (non-hydrogen) atoms. The molecule has 0 aromatic heterocycles. The number of rotatable bonds is 6. The van der Waals surface area contributed by atoms with E-state index in [1.165, 1.54) is 18.4 Å². The number of nitrogens with one attached hydrogen (secondary N) is 1. The summed E-state index contributed by atoms with van der Waals surface area (Å²) in [5.41, 5.74) is 2.62. The molecule has 0 aliphatic heterocycles. The van der Waals surface area contributed by atoms with E-state index in [9.17, 15) is 4.79 Å². The summed E-state index contributed by atoms with van der Waals surface area (Å²) in [6.45, 7) is 5.44. The Bertz CT molecular complexity index is 450. The van der Waals surface area contributed by atoms with Gasteiger partial charge >= 0.3 is 5.97 Å². The fraction of sp³-hybridized carbons (Fsp3) is 0.588.